The molecular formula is C25H27F2N5O3. The fourth-order valence-corrected chi connectivity index (χ4v) is 4.50. The molecule has 1 saturated carbocycles. The molecule has 3 heterocycles. The highest BCUT2D eigenvalue weighted by Gasteiger charge is 2.33. The number of nitrogens with one attached hydrogen (secondary N) is 2. The van der Waals surface area contributed by atoms with Crippen LogP contribution in [0.25, 0.3) is 22.3 Å². The number of benzene rings is 1. The van der Waals surface area contributed by atoms with E-state index in [0.29, 0.717) is 59.2 Å². The van der Waals surface area contributed by atoms with Crippen LogP contribution in [0.5, 0.6) is 5.75 Å². The van der Waals surface area contributed by atoms with Gasteiger partial charge < -0.3 is 19.9 Å². The normalized spacial score (nSPS) is 20.2. The maximum atomic E-state index is 14.7. The Hall–Kier alpha value is -3.56. The van der Waals surface area contributed by atoms with Crippen molar-refractivity contribution in [3.05, 3.63) is 41.6 Å². The number of ether oxygens (including phenoxy) is 1. The quantitative estimate of drug-likeness (QED) is 0.559. The molecule has 0 spiro atoms. The number of hydrogen-bond acceptors (Lipinski definition) is 5. The Labute approximate surface area is 201 Å². The summed E-state index contributed by atoms with van der Waals surface area (Å²) in [6.45, 7) is 4.00. The number of nitrogens with zero attached hydrogens (tertiary/aromatic N) is 3. The number of alkyl halides is 1. The standard InChI is InChI=1S/C25H27F2N5O3/c1-13-21(25(34)31-19-7-8-32(14(2)33)10-18(19)27)23-24(30-13)22(28-12-29-23)17-9-16(26)5-6-20(17)35-11-15-3-4-15/h5-6,9,12,15,18-19,30H,3-4,7-8,10-11H2,1-2H3,(H,31,34)/t18-,19-/m0/s1. The molecule has 184 valence electrons. The largest absolute Gasteiger partial charge is 0.493 e. The van der Waals surface area contributed by atoms with Crippen LogP contribution in [0.2, 0.25) is 0 Å². The third-order valence-electron chi connectivity index (χ3n) is 6.67. The minimum Gasteiger partial charge on any atom is -0.493 e. The van der Waals surface area contributed by atoms with Crippen LogP contribution in [0.4, 0.5) is 8.78 Å². The number of aromatic nitrogens is 3. The van der Waals surface area contributed by atoms with Crippen molar-refractivity contribution in [2.75, 3.05) is 19.7 Å². The monoisotopic (exact) mass is 483 g/mol. The van der Waals surface area contributed by atoms with E-state index in [0.717, 1.165) is 12.8 Å². The number of carbonyl (C=O) groups is 2. The highest BCUT2D eigenvalue weighted by atomic mass is 19.1. The maximum Gasteiger partial charge on any atom is 0.255 e. The topological polar surface area (TPSA) is 100 Å². The lowest BCUT2D eigenvalue weighted by atomic mass is 10.0. The Bertz CT molecular complexity index is 1290. The fraction of sp³-hybridized carbons (Fsp3) is 0.440. The van der Waals surface area contributed by atoms with Crippen molar-refractivity contribution >= 4 is 22.8 Å². The number of aryl methyl sites for hydroxylation is 1. The number of halogens is 2. The molecule has 2 aromatic heterocycles. The number of piperidine rings is 1. The van der Waals surface area contributed by atoms with Crippen molar-refractivity contribution in [2.24, 2.45) is 5.92 Å². The van der Waals surface area contributed by atoms with E-state index >= 15 is 0 Å². The lowest BCUT2D eigenvalue weighted by Gasteiger charge is -2.34. The number of aromatic amines is 1. The first kappa shape index (κ1) is 23.2. The maximum absolute atomic E-state index is 14.7. The summed E-state index contributed by atoms with van der Waals surface area (Å²) in [5.74, 6) is -0.0616. The van der Waals surface area contributed by atoms with E-state index < -0.39 is 23.9 Å². The van der Waals surface area contributed by atoms with E-state index in [-0.39, 0.29) is 18.0 Å². The lowest BCUT2D eigenvalue weighted by Crippen LogP contribution is -2.53. The molecule has 0 unspecified atom stereocenters. The summed E-state index contributed by atoms with van der Waals surface area (Å²) in [6, 6.07) is 3.57. The zero-order valence-electron chi connectivity index (χ0n) is 19.6. The predicted molar refractivity (Wildman–Crippen MR) is 125 cm³/mol. The molecule has 2 amide bonds. The Kier molecular flexibility index (Phi) is 6.12. The first-order chi connectivity index (χ1) is 16.8. The van der Waals surface area contributed by atoms with Gasteiger partial charge in [-0.2, -0.15) is 0 Å². The van der Waals surface area contributed by atoms with Crippen molar-refractivity contribution in [3.63, 3.8) is 0 Å². The number of carbonyl (C=O) groups excluding carboxylic acids is 2. The van der Waals surface area contributed by atoms with Crippen LogP contribution < -0.4 is 10.1 Å². The second kappa shape index (κ2) is 9.24. The van der Waals surface area contributed by atoms with Gasteiger partial charge in [0.1, 0.15) is 35.3 Å². The van der Waals surface area contributed by atoms with Crippen molar-refractivity contribution in [2.45, 2.75) is 45.3 Å². The van der Waals surface area contributed by atoms with E-state index in [1.165, 1.54) is 30.3 Å². The van der Waals surface area contributed by atoms with Crippen LogP contribution in [0.15, 0.2) is 24.5 Å². The van der Waals surface area contributed by atoms with Gasteiger partial charge in [0.05, 0.1) is 30.3 Å². The van der Waals surface area contributed by atoms with Gasteiger partial charge in [-0.15, -0.1) is 0 Å². The van der Waals surface area contributed by atoms with Crippen LogP contribution in [0.1, 0.15) is 42.2 Å². The van der Waals surface area contributed by atoms with Crippen LogP contribution in [-0.4, -0.2) is 63.6 Å². The SMILES string of the molecule is CC(=O)N1CC[C@H](NC(=O)c2c(C)[nH]c3c(-c4cc(F)ccc4OCC4CC4)ncnc23)[C@@H](F)C1. The van der Waals surface area contributed by atoms with Gasteiger partial charge in [0.25, 0.3) is 5.91 Å². The molecular weight excluding hydrogens is 456 g/mol. The second-order valence-corrected chi connectivity index (χ2v) is 9.32. The average Bonchev–Trinajstić information content (AvgIpc) is 3.59. The van der Waals surface area contributed by atoms with Gasteiger partial charge >= 0.3 is 0 Å². The van der Waals surface area contributed by atoms with Gasteiger partial charge in [-0.1, -0.05) is 0 Å². The van der Waals surface area contributed by atoms with Crippen molar-refractivity contribution in [1.82, 2.24) is 25.2 Å². The number of likely N-dealkylation sites (tertiary alicyclic amines) is 1. The summed E-state index contributed by atoms with van der Waals surface area (Å²) in [6.07, 6.45) is 2.51. The molecule has 2 N–H and O–H groups in total. The molecule has 8 nitrogen and oxygen atoms in total. The first-order valence-electron chi connectivity index (χ1n) is 11.8. The molecule has 3 aromatic rings. The minimum absolute atomic E-state index is 0.0529. The third-order valence-corrected chi connectivity index (χ3v) is 6.67. The number of fused-ring (bicyclic) bond motifs is 1. The van der Waals surface area contributed by atoms with Crippen LogP contribution in [-0.2, 0) is 4.79 Å². The number of rotatable bonds is 6. The number of H-pyrrole nitrogens is 1. The van der Waals surface area contributed by atoms with Gasteiger partial charge in [0, 0.05) is 24.7 Å². The number of amides is 2. The Balaban J connectivity index is 1.45. The van der Waals surface area contributed by atoms with Crippen molar-refractivity contribution < 1.29 is 23.1 Å². The fourth-order valence-electron chi connectivity index (χ4n) is 4.50. The molecule has 5 rings (SSSR count). The molecule has 0 radical (unpaired) electrons. The summed E-state index contributed by atoms with van der Waals surface area (Å²) >= 11 is 0. The first-order valence-corrected chi connectivity index (χ1v) is 11.8. The molecule has 1 aromatic carbocycles. The number of hydrogen-bond donors (Lipinski definition) is 2. The molecule has 35 heavy (non-hydrogen) atoms. The van der Waals surface area contributed by atoms with E-state index in [1.807, 2.05) is 0 Å². The Morgan fingerprint density at radius 1 is 1.26 bits per heavy atom. The molecule has 1 aliphatic carbocycles. The summed E-state index contributed by atoms with van der Waals surface area (Å²) in [4.78, 5) is 38.0. The third kappa shape index (κ3) is 4.69. The summed E-state index contributed by atoms with van der Waals surface area (Å²) < 4.78 is 34.8. The van der Waals surface area contributed by atoms with Crippen LogP contribution >= 0.6 is 0 Å². The van der Waals surface area contributed by atoms with Crippen molar-refractivity contribution in [1.29, 1.82) is 0 Å². The van der Waals surface area contributed by atoms with Crippen molar-refractivity contribution in [3.8, 4) is 17.0 Å². The van der Waals surface area contributed by atoms with Gasteiger partial charge in [-0.05, 0) is 50.3 Å². The predicted octanol–water partition coefficient (Wildman–Crippen LogP) is 3.55. The van der Waals surface area contributed by atoms with Crippen LogP contribution in [0.3, 0.4) is 0 Å². The summed E-state index contributed by atoms with van der Waals surface area (Å²) in [5.41, 5.74) is 2.53. The highest BCUT2D eigenvalue weighted by molar-refractivity contribution is 6.09. The molecule has 2 aliphatic rings. The van der Waals surface area contributed by atoms with E-state index in [1.54, 1.807) is 13.0 Å². The summed E-state index contributed by atoms with van der Waals surface area (Å²) in [5, 5.41) is 2.77. The zero-order valence-corrected chi connectivity index (χ0v) is 19.6. The zero-order chi connectivity index (χ0) is 24.7. The lowest BCUT2D eigenvalue weighted by molar-refractivity contribution is -0.131. The minimum atomic E-state index is -1.37. The molecule has 1 aliphatic heterocycles. The van der Waals surface area contributed by atoms with E-state index in [4.69, 9.17) is 4.74 Å². The van der Waals surface area contributed by atoms with E-state index in [9.17, 15) is 18.4 Å². The van der Waals surface area contributed by atoms with E-state index in [2.05, 4.69) is 20.3 Å². The van der Waals surface area contributed by atoms with Gasteiger partial charge in [-0.3, -0.25) is 9.59 Å². The Morgan fingerprint density at radius 3 is 2.77 bits per heavy atom. The van der Waals surface area contributed by atoms with Gasteiger partial charge in [0.2, 0.25) is 5.91 Å². The summed E-state index contributed by atoms with van der Waals surface area (Å²) in [7, 11) is 0. The average molecular weight is 484 g/mol. The van der Waals surface area contributed by atoms with Gasteiger partial charge in [0.15, 0.2) is 0 Å². The smallest absolute Gasteiger partial charge is 0.255 e. The second-order valence-electron chi connectivity index (χ2n) is 9.32. The molecule has 2 fully saturated rings. The van der Waals surface area contributed by atoms with Gasteiger partial charge in [-0.25, -0.2) is 18.7 Å². The molecule has 0 bridgehead atoms. The van der Waals surface area contributed by atoms with Crippen LogP contribution in [0, 0.1) is 18.7 Å². The molecule has 10 heteroatoms. The highest BCUT2D eigenvalue weighted by Crippen LogP contribution is 2.36. The Morgan fingerprint density at radius 2 is 2.06 bits per heavy atom. The molecule has 1 saturated heterocycles. The molecule has 2 atom stereocenters.